The van der Waals surface area contributed by atoms with Crippen LogP contribution < -0.4 is 10.2 Å². The van der Waals surface area contributed by atoms with Crippen molar-refractivity contribution in [2.75, 3.05) is 38.6 Å². The molecule has 0 unspecified atom stereocenters. The Hall–Kier alpha value is -2.44. The minimum absolute atomic E-state index is 0.336. The molecule has 136 valence electrons. The number of rotatable bonds is 4. The third kappa shape index (κ3) is 4.80. The van der Waals surface area contributed by atoms with Gasteiger partial charge in [-0.15, -0.1) is 0 Å². The van der Waals surface area contributed by atoms with Gasteiger partial charge in [-0.05, 0) is 36.5 Å². The average molecular weight is 370 g/mol. The maximum absolute atomic E-state index is 11.5. The molecule has 2 aromatic carbocycles. The summed E-state index contributed by atoms with van der Waals surface area (Å²) >= 11 is 5.55. The Morgan fingerprint density at radius 3 is 2.38 bits per heavy atom. The van der Waals surface area contributed by atoms with E-state index in [9.17, 15) is 4.79 Å². The Balaban J connectivity index is 1.48. The van der Waals surface area contributed by atoms with Crippen LogP contribution in [0.3, 0.4) is 0 Å². The topological polar surface area (TPSA) is 46.0 Å². The molecule has 0 amide bonds. The zero-order valence-corrected chi connectivity index (χ0v) is 15.7. The lowest BCUT2D eigenvalue weighted by atomic mass is 10.2. The van der Waals surface area contributed by atoms with Crippen molar-refractivity contribution in [1.29, 1.82) is 0 Å². The highest BCUT2D eigenvalue weighted by molar-refractivity contribution is 7.80. The number of hydrogen-bond acceptors (Lipinski definition) is 3. The molecule has 0 aliphatic carbocycles. The molecule has 1 heterocycles. The standard InChI is InChI=1S/C20H23N3O2S/c1-25-19(24)17-7-9-18(10-8-17)21-20(26)23-13-11-22(12-14-23)15-16-5-3-2-4-6-16/h2-10H,11-15H2,1H3,(H,21,26)/p+1. The number of benzene rings is 2. The van der Waals surface area contributed by atoms with Crippen LogP contribution in [0.2, 0.25) is 0 Å². The van der Waals surface area contributed by atoms with Crippen molar-refractivity contribution >= 4 is 29.0 Å². The maximum atomic E-state index is 11.5. The quantitative estimate of drug-likeness (QED) is 0.632. The number of carbonyl (C=O) groups excluding carboxylic acids is 1. The van der Waals surface area contributed by atoms with Gasteiger partial charge in [-0.2, -0.15) is 0 Å². The Morgan fingerprint density at radius 1 is 1.12 bits per heavy atom. The summed E-state index contributed by atoms with van der Waals surface area (Å²) in [6.07, 6.45) is 0. The number of ether oxygens (including phenoxy) is 1. The number of nitrogens with zero attached hydrogens (tertiary/aromatic N) is 1. The lowest BCUT2D eigenvalue weighted by Crippen LogP contribution is -3.13. The van der Waals surface area contributed by atoms with Crippen LogP contribution >= 0.6 is 12.2 Å². The normalized spacial score (nSPS) is 14.7. The third-order valence-corrected chi connectivity index (χ3v) is 4.97. The Bertz CT molecular complexity index is 741. The van der Waals surface area contributed by atoms with Crippen LogP contribution in [0.15, 0.2) is 54.6 Å². The van der Waals surface area contributed by atoms with E-state index in [-0.39, 0.29) is 5.97 Å². The molecule has 0 spiro atoms. The summed E-state index contributed by atoms with van der Waals surface area (Å²) in [6.45, 7) is 5.07. The van der Waals surface area contributed by atoms with Gasteiger partial charge in [0.15, 0.2) is 5.11 Å². The van der Waals surface area contributed by atoms with Gasteiger partial charge in [0.05, 0.1) is 38.9 Å². The highest BCUT2D eigenvalue weighted by Crippen LogP contribution is 2.11. The van der Waals surface area contributed by atoms with E-state index in [0.29, 0.717) is 5.56 Å². The second kappa shape index (κ2) is 8.78. The minimum atomic E-state index is -0.336. The van der Waals surface area contributed by atoms with E-state index in [1.165, 1.54) is 12.7 Å². The Kier molecular flexibility index (Phi) is 6.20. The van der Waals surface area contributed by atoms with E-state index in [2.05, 4.69) is 40.5 Å². The molecule has 5 nitrogen and oxygen atoms in total. The molecule has 0 radical (unpaired) electrons. The molecule has 2 N–H and O–H groups in total. The number of esters is 1. The molecule has 3 rings (SSSR count). The molecule has 6 heteroatoms. The van der Waals surface area contributed by atoms with Gasteiger partial charge in [-0.1, -0.05) is 30.3 Å². The summed E-state index contributed by atoms with van der Waals surface area (Å²) in [5, 5.41) is 3.99. The van der Waals surface area contributed by atoms with Gasteiger partial charge in [0.25, 0.3) is 0 Å². The first kappa shape index (κ1) is 18.4. The van der Waals surface area contributed by atoms with Crippen molar-refractivity contribution in [2.24, 2.45) is 0 Å². The van der Waals surface area contributed by atoms with Gasteiger partial charge >= 0.3 is 5.97 Å². The van der Waals surface area contributed by atoms with Gasteiger partial charge in [0.1, 0.15) is 6.54 Å². The number of quaternary nitrogens is 1. The van der Waals surface area contributed by atoms with E-state index < -0.39 is 0 Å². The number of thiocarbonyl (C=S) groups is 1. The minimum Gasteiger partial charge on any atom is -0.465 e. The van der Waals surface area contributed by atoms with Crippen molar-refractivity contribution < 1.29 is 14.4 Å². The van der Waals surface area contributed by atoms with Crippen molar-refractivity contribution in [2.45, 2.75) is 6.54 Å². The zero-order chi connectivity index (χ0) is 18.4. The molecular formula is C20H24N3O2S+. The first-order valence-electron chi connectivity index (χ1n) is 8.77. The molecule has 0 saturated carbocycles. The molecule has 2 aromatic rings. The van der Waals surface area contributed by atoms with Crippen LogP contribution in [-0.4, -0.2) is 49.3 Å². The summed E-state index contributed by atoms with van der Waals surface area (Å²) in [5.41, 5.74) is 2.78. The fourth-order valence-electron chi connectivity index (χ4n) is 3.10. The first-order chi connectivity index (χ1) is 12.7. The highest BCUT2D eigenvalue weighted by Gasteiger charge is 2.21. The van der Waals surface area contributed by atoms with Gasteiger partial charge in [0.2, 0.25) is 0 Å². The summed E-state index contributed by atoms with van der Waals surface area (Å²) in [4.78, 5) is 15.3. The average Bonchev–Trinajstić information content (AvgIpc) is 2.69. The van der Waals surface area contributed by atoms with Crippen LogP contribution in [0.5, 0.6) is 0 Å². The van der Waals surface area contributed by atoms with Crippen LogP contribution in [0.1, 0.15) is 15.9 Å². The summed E-state index contributed by atoms with van der Waals surface area (Å²) in [6, 6.07) is 17.8. The molecule has 1 aliphatic heterocycles. The fourth-order valence-corrected chi connectivity index (χ4v) is 3.40. The smallest absolute Gasteiger partial charge is 0.337 e. The van der Waals surface area contributed by atoms with Crippen molar-refractivity contribution in [1.82, 2.24) is 4.90 Å². The number of nitrogens with one attached hydrogen (secondary N) is 2. The van der Waals surface area contributed by atoms with E-state index >= 15 is 0 Å². The lowest BCUT2D eigenvalue weighted by Gasteiger charge is -2.34. The molecule has 0 aromatic heterocycles. The number of hydrogen-bond donors (Lipinski definition) is 2. The van der Waals surface area contributed by atoms with Crippen molar-refractivity contribution in [3.8, 4) is 0 Å². The molecule has 1 saturated heterocycles. The van der Waals surface area contributed by atoms with E-state index in [1.807, 2.05) is 12.1 Å². The molecule has 26 heavy (non-hydrogen) atoms. The predicted octanol–water partition coefficient (Wildman–Crippen LogP) is 1.57. The Labute approximate surface area is 159 Å². The third-order valence-electron chi connectivity index (χ3n) is 4.61. The molecule has 1 fully saturated rings. The molecule has 1 aliphatic rings. The molecular weight excluding hydrogens is 346 g/mol. The summed E-state index contributed by atoms with van der Waals surface area (Å²) in [5.74, 6) is -0.336. The van der Waals surface area contributed by atoms with Gasteiger partial charge in [-0.3, -0.25) is 0 Å². The Morgan fingerprint density at radius 2 is 1.77 bits per heavy atom. The lowest BCUT2D eigenvalue weighted by molar-refractivity contribution is -0.917. The highest BCUT2D eigenvalue weighted by atomic mass is 32.1. The second-order valence-electron chi connectivity index (χ2n) is 6.40. The van der Waals surface area contributed by atoms with Crippen LogP contribution in [0.4, 0.5) is 5.69 Å². The molecule has 0 atom stereocenters. The summed E-state index contributed by atoms with van der Waals surface area (Å²) < 4.78 is 4.71. The summed E-state index contributed by atoms with van der Waals surface area (Å²) in [7, 11) is 1.38. The predicted molar refractivity (Wildman–Crippen MR) is 106 cm³/mol. The van der Waals surface area contributed by atoms with Crippen molar-refractivity contribution in [3.05, 3.63) is 65.7 Å². The monoisotopic (exact) mass is 370 g/mol. The van der Waals surface area contributed by atoms with Crippen LogP contribution in [-0.2, 0) is 11.3 Å². The first-order valence-corrected chi connectivity index (χ1v) is 9.18. The van der Waals surface area contributed by atoms with E-state index in [4.69, 9.17) is 17.0 Å². The fraction of sp³-hybridized carbons (Fsp3) is 0.300. The number of carbonyl (C=O) groups is 1. The maximum Gasteiger partial charge on any atom is 0.337 e. The van der Waals surface area contributed by atoms with E-state index in [1.54, 1.807) is 17.0 Å². The van der Waals surface area contributed by atoms with Gasteiger partial charge in [-0.25, -0.2) is 4.79 Å². The van der Waals surface area contributed by atoms with E-state index in [0.717, 1.165) is 43.5 Å². The van der Waals surface area contributed by atoms with Gasteiger partial charge in [0, 0.05) is 11.3 Å². The SMILES string of the molecule is COC(=O)c1ccc(NC(=S)N2CC[NH+](Cc3ccccc3)CC2)cc1. The number of piperazine rings is 1. The zero-order valence-electron chi connectivity index (χ0n) is 14.9. The van der Waals surface area contributed by atoms with Crippen molar-refractivity contribution in [3.63, 3.8) is 0 Å². The second-order valence-corrected chi connectivity index (χ2v) is 6.79. The van der Waals surface area contributed by atoms with Crippen LogP contribution in [0.25, 0.3) is 0 Å². The number of anilines is 1. The molecule has 0 bridgehead atoms. The largest absolute Gasteiger partial charge is 0.465 e. The van der Waals surface area contributed by atoms with Gasteiger partial charge < -0.3 is 19.9 Å². The number of methoxy groups -OCH3 is 1. The van der Waals surface area contributed by atoms with Crippen LogP contribution in [0, 0.1) is 0 Å².